The molecule has 1 heterocycles. The van der Waals surface area contributed by atoms with Gasteiger partial charge in [-0.1, -0.05) is 42.4 Å². The lowest BCUT2D eigenvalue weighted by molar-refractivity contribution is -0.185. The summed E-state index contributed by atoms with van der Waals surface area (Å²) in [5.74, 6) is 0.752. The second-order valence-electron chi connectivity index (χ2n) is 5.13. The molecule has 5 atom stereocenters. The van der Waals surface area contributed by atoms with Crippen LogP contribution in [0, 0.1) is 0 Å². The van der Waals surface area contributed by atoms with E-state index in [4.69, 9.17) is 15.0 Å². The first-order valence-electron chi connectivity index (χ1n) is 7.47. The van der Waals surface area contributed by atoms with Crippen LogP contribution in [0.25, 0.3) is 10.4 Å². The minimum atomic E-state index is -1.06. The molecule has 7 nitrogen and oxygen atoms in total. The Kier molecular flexibility index (Phi) is 7.16. The zero-order chi connectivity index (χ0) is 16.7. The van der Waals surface area contributed by atoms with Gasteiger partial charge in [0.25, 0.3) is 0 Å². The summed E-state index contributed by atoms with van der Waals surface area (Å²) in [5.41, 5.74) is 9.31. The highest BCUT2D eigenvalue weighted by Crippen LogP contribution is 2.32. The molecular formula is C15H21N3O4S. The quantitative estimate of drug-likeness (QED) is 0.449. The largest absolute Gasteiger partial charge is 0.394 e. The predicted molar refractivity (Wildman–Crippen MR) is 87.8 cm³/mol. The highest BCUT2D eigenvalue weighted by Gasteiger charge is 2.45. The number of benzene rings is 1. The number of hydrogen-bond donors (Lipinski definition) is 2. The van der Waals surface area contributed by atoms with E-state index in [2.05, 4.69) is 10.0 Å². The van der Waals surface area contributed by atoms with Gasteiger partial charge in [0.15, 0.2) is 0 Å². The van der Waals surface area contributed by atoms with Crippen molar-refractivity contribution >= 4 is 11.8 Å². The van der Waals surface area contributed by atoms with E-state index in [1.54, 1.807) is 0 Å². The first-order valence-corrected chi connectivity index (χ1v) is 8.51. The number of aliphatic hydroxyl groups is 2. The van der Waals surface area contributed by atoms with Crippen LogP contribution in [0.15, 0.2) is 35.4 Å². The third kappa shape index (κ3) is 4.60. The molecule has 0 bridgehead atoms. The third-order valence-corrected chi connectivity index (χ3v) is 4.67. The van der Waals surface area contributed by atoms with Gasteiger partial charge < -0.3 is 19.7 Å². The van der Waals surface area contributed by atoms with Crippen LogP contribution < -0.4 is 0 Å². The van der Waals surface area contributed by atoms with Crippen molar-refractivity contribution in [3.63, 3.8) is 0 Å². The molecule has 126 valence electrons. The Morgan fingerprint density at radius 1 is 1.39 bits per heavy atom. The molecule has 0 amide bonds. The van der Waals surface area contributed by atoms with Crippen molar-refractivity contribution in [1.29, 1.82) is 0 Å². The monoisotopic (exact) mass is 339 g/mol. The normalized spacial score (nSPS) is 30.7. The van der Waals surface area contributed by atoms with Gasteiger partial charge in [0.05, 0.1) is 19.3 Å². The second kappa shape index (κ2) is 9.12. The summed E-state index contributed by atoms with van der Waals surface area (Å²) in [6, 6.07) is 8.87. The number of aliphatic hydroxyl groups excluding tert-OH is 2. The fraction of sp³-hybridized carbons (Fsp3) is 0.600. The Bertz CT molecular complexity index is 527. The molecule has 8 heteroatoms. The molecule has 2 N–H and O–H groups in total. The average molecular weight is 339 g/mol. The number of nitrogens with zero attached hydrogens (tertiary/aromatic N) is 3. The van der Waals surface area contributed by atoms with E-state index in [0.717, 1.165) is 11.3 Å². The van der Waals surface area contributed by atoms with E-state index in [-0.39, 0.29) is 13.2 Å². The summed E-state index contributed by atoms with van der Waals surface area (Å²) in [6.07, 6.45) is -2.56. The number of hydrogen-bond acceptors (Lipinski definition) is 6. The molecule has 1 fully saturated rings. The number of rotatable bonds is 7. The summed E-state index contributed by atoms with van der Waals surface area (Å²) >= 11 is 1.46. The highest BCUT2D eigenvalue weighted by molar-refractivity contribution is 7.99. The molecule has 1 aromatic rings. The molecular weight excluding hydrogens is 318 g/mol. The van der Waals surface area contributed by atoms with Gasteiger partial charge in [-0.2, -0.15) is 0 Å². The van der Waals surface area contributed by atoms with Gasteiger partial charge in [0, 0.05) is 4.91 Å². The molecule has 1 aromatic carbocycles. The Morgan fingerprint density at radius 3 is 2.74 bits per heavy atom. The smallest absolute Gasteiger partial charge is 0.114 e. The summed E-state index contributed by atoms with van der Waals surface area (Å²) in [4.78, 5) is 2.86. The highest BCUT2D eigenvalue weighted by atomic mass is 32.2. The maximum atomic E-state index is 10.4. The zero-order valence-corrected chi connectivity index (χ0v) is 13.7. The van der Waals surface area contributed by atoms with Gasteiger partial charge in [0.1, 0.15) is 23.7 Å². The summed E-state index contributed by atoms with van der Waals surface area (Å²) in [6.45, 7) is 1.91. The van der Waals surface area contributed by atoms with E-state index in [1.807, 2.05) is 37.3 Å². The van der Waals surface area contributed by atoms with E-state index in [9.17, 15) is 10.2 Å². The topological polar surface area (TPSA) is 108 Å². The molecule has 0 saturated carbocycles. The van der Waals surface area contributed by atoms with Crippen LogP contribution >= 0.6 is 11.8 Å². The molecule has 0 spiro atoms. The number of azide groups is 1. The van der Waals surface area contributed by atoms with E-state index in [1.165, 1.54) is 11.8 Å². The molecule has 0 aliphatic carbocycles. The predicted octanol–water partition coefficient (Wildman–Crippen LogP) is 2.08. The fourth-order valence-electron chi connectivity index (χ4n) is 2.50. The third-order valence-electron chi connectivity index (χ3n) is 3.62. The fourth-order valence-corrected chi connectivity index (χ4v) is 3.45. The standard InChI is InChI=1S/C15H21N3O4S/c1-2-23-15-12(17-18-16)14(13(20)11(8-19)22-15)21-9-10-6-4-3-5-7-10/h3-7,11-15,19-20H,2,8-9H2,1H3/t11-,12-,13-,14-,15+/m1/s1. The van der Waals surface area contributed by atoms with Crippen LogP contribution in [0.4, 0.5) is 0 Å². The maximum absolute atomic E-state index is 10.4. The summed E-state index contributed by atoms with van der Waals surface area (Å²) < 4.78 is 11.5. The van der Waals surface area contributed by atoms with E-state index >= 15 is 0 Å². The van der Waals surface area contributed by atoms with Gasteiger partial charge in [0.2, 0.25) is 0 Å². The molecule has 1 aliphatic heterocycles. The van der Waals surface area contributed by atoms with Gasteiger partial charge >= 0.3 is 0 Å². The first kappa shape index (κ1) is 18.1. The minimum absolute atomic E-state index is 0.279. The maximum Gasteiger partial charge on any atom is 0.114 e. The molecule has 2 rings (SSSR count). The van der Waals surface area contributed by atoms with Crippen molar-refractivity contribution in [3.05, 3.63) is 46.3 Å². The molecule has 0 radical (unpaired) electrons. The van der Waals surface area contributed by atoms with Gasteiger partial charge in [-0.05, 0) is 16.8 Å². The van der Waals surface area contributed by atoms with Crippen molar-refractivity contribution in [2.24, 2.45) is 5.11 Å². The molecule has 1 saturated heterocycles. The van der Waals surface area contributed by atoms with Crippen LogP contribution in [0.3, 0.4) is 0 Å². The molecule has 1 aliphatic rings. The van der Waals surface area contributed by atoms with E-state index in [0.29, 0.717) is 0 Å². The van der Waals surface area contributed by atoms with Crippen LogP contribution in [-0.2, 0) is 16.1 Å². The Balaban J connectivity index is 2.16. The van der Waals surface area contributed by atoms with Crippen molar-refractivity contribution in [3.8, 4) is 0 Å². The van der Waals surface area contributed by atoms with Crippen LogP contribution in [0.1, 0.15) is 12.5 Å². The summed E-state index contributed by atoms with van der Waals surface area (Å²) in [5, 5.41) is 23.6. The second-order valence-corrected chi connectivity index (χ2v) is 6.50. The minimum Gasteiger partial charge on any atom is -0.394 e. The molecule has 23 heavy (non-hydrogen) atoms. The van der Waals surface area contributed by atoms with Crippen LogP contribution in [0.2, 0.25) is 0 Å². The zero-order valence-electron chi connectivity index (χ0n) is 12.9. The van der Waals surface area contributed by atoms with E-state index < -0.39 is 29.8 Å². The average Bonchev–Trinajstić information content (AvgIpc) is 2.58. The number of ether oxygens (including phenoxy) is 2. The van der Waals surface area contributed by atoms with Gasteiger partial charge in [-0.15, -0.1) is 11.8 Å². The molecule has 0 unspecified atom stereocenters. The first-order chi connectivity index (χ1) is 11.2. The van der Waals surface area contributed by atoms with Gasteiger partial charge in [-0.3, -0.25) is 0 Å². The van der Waals surface area contributed by atoms with Crippen molar-refractivity contribution in [2.75, 3.05) is 12.4 Å². The SMILES string of the molecule is CCS[C@@H]1O[C@H](CO)[C@@H](O)[C@H](OCc2ccccc2)[C@H]1N=[N+]=[N-]. The lowest BCUT2D eigenvalue weighted by Gasteiger charge is -2.42. The van der Waals surface area contributed by atoms with Crippen molar-refractivity contribution in [1.82, 2.24) is 0 Å². The van der Waals surface area contributed by atoms with Gasteiger partial charge in [-0.25, -0.2) is 0 Å². The Morgan fingerprint density at radius 2 is 2.13 bits per heavy atom. The van der Waals surface area contributed by atoms with Crippen molar-refractivity contribution < 1.29 is 19.7 Å². The Hall–Kier alpha value is -1.28. The van der Waals surface area contributed by atoms with Crippen molar-refractivity contribution in [2.45, 2.75) is 43.3 Å². The molecule has 0 aromatic heterocycles. The lowest BCUT2D eigenvalue weighted by Crippen LogP contribution is -2.57. The Labute approximate surface area is 139 Å². The van der Waals surface area contributed by atoms with Crippen LogP contribution in [-0.4, -0.2) is 52.4 Å². The number of thioether (sulfide) groups is 1. The lowest BCUT2D eigenvalue weighted by atomic mass is 9.98. The summed E-state index contributed by atoms with van der Waals surface area (Å²) in [7, 11) is 0. The van der Waals surface area contributed by atoms with Crippen LogP contribution in [0.5, 0.6) is 0 Å².